The zero-order chi connectivity index (χ0) is 5.54. The molecular weight excluding hydrogens is 298 g/mol. The maximum Gasteiger partial charge on any atom is 0 e. The molecule has 0 aromatic heterocycles. The van der Waals surface area contributed by atoms with Crippen LogP contribution in [-0.4, -0.2) is 0 Å². The minimum atomic E-state index is 0. The van der Waals surface area contributed by atoms with Crippen LogP contribution in [0.5, 0.6) is 0 Å². The summed E-state index contributed by atoms with van der Waals surface area (Å²) in [6.07, 6.45) is 7.01. The molecule has 0 aromatic rings. The van der Waals surface area contributed by atoms with E-state index >= 15 is 0 Å². The SMILES string of the molecule is C.C.CCCCCCC.I.[CH3-].[V]. The first-order valence-corrected chi connectivity index (χ1v) is 3.41. The largest absolute Gasteiger partial charge is 0.358 e. The molecule has 0 nitrogen and oxygen atoms in total. The van der Waals surface area contributed by atoms with Gasteiger partial charge in [0.2, 0.25) is 0 Å². The van der Waals surface area contributed by atoms with Crippen LogP contribution in [0.2, 0.25) is 0 Å². The van der Waals surface area contributed by atoms with Crippen molar-refractivity contribution in [2.24, 2.45) is 0 Å². The van der Waals surface area contributed by atoms with Crippen molar-refractivity contribution in [3.63, 3.8) is 0 Å². The monoisotopic (exact) mass is 326 g/mol. The van der Waals surface area contributed by atoms with Gasteiger partial charge < -0.3 is 7.43 Å². The summed E-state index contributed by atoms with van der Waals surface area (Å²) in [7, 11) is 0. The molecule has 0 N–H and O–H groups in total. The van der Waals surface area contributed by atoms with Gasteiger partial charge in [0.1, 0.15) is 0 Å². The number of hydrogen-bond acceptors (Lipinski definition) is 0. The average Bonchev–Trinajstić information content (AvgIpc) is 1.69. The Bertz CT molecular complexity index is 29.0. The predicted octanol–water partition coefficient (Wildman–Crippen LogP) is 5.31. The van der Waals surface area contributed by atoms with Crippen molar-refractivity contribution < 1.29 is 18.6 Å². The van der Waals surface area contributed by atoms with Crippen molar-refractivity contribution in [1.29, 1.82) is 0 Å². The molecule has 0 rings (SSSR count). The Labute approximate surface area is 110 Å². The maximum atomic E-state index is 2.25. The van der Waals surface area contributed by atoms with Crippen molar-refractivity contribution in [2.45, 2.75) is 60.8 Å². The van der Waals surface area contributed by atoms with Crippen molar-refractivity contribution in [1.82, 2.24) is 0 Å². The topological polar surface area (TPSA) is 0 Å². The molecule has 0 saturated heterocycles. The molecule has 0 saturated carbocycles. The van der Waals surface area contributed by atoms with Gasteiger partial charge in [-0.2, -0.15) is 0 Å². The van der Waals surface area contributed by atoms with E-state index in [0.29, 0.717) is 0 Å². The number of halogens is 1. The van der Waals surface area contributed by atoms with Crippen molar-refractivity contribution >= 4 is 24.0 Å². The Morgan fingerprint density at radius 3 is 1.17 bits per heavy atom. The van der Waals surface area contributed by atoms with Crippen LogP contribution in [0.25, 0.3) is 0 Å². The van der Waals surface area contributed by atoms with Gasteiger partial charge >= 0.3 is 0 Å². The quantitative estimate of drug-likeness (QED) is 0.373. The number of unbranched alkanes of at least 4 members (excludes halogenated alkanes) is 4. The van der Waals surface area contributed by atoms with Gasteiger partial charge in [0.25, 0.3) is 0 Å². The molecule has 0 aromatic carbocycles. The molecule has 0 aliphatic heterocycles. The van der Waals surface area contributed by atoms with E-state index in [1.165, 1.54) is 32.1 Å². The molecule has 81 valence electrons. The number of rotatable bonds is 4. The first-order valence-electron chi connectivity index (χ1n) is 3.41. The predicted molar refractivity (Wildman–Crippen MR) is 69.7 cm³/mol. The van der Waals surface area contributed by atoms with Crippen LogP contribution in [-0.2, 0) is 18.6 Å². The smallest absolute Gasteiger partial charge is 0 e. The van der Waals surface area contributed by atoms with Crippen LogP contribution in [0.1, 0.15) is 60.8 Å². The van der Waals surface area contributed by atoms with Gasteiger partial charge in [0, 0.05) is 18.6 Å². The molecule has 0 spiro atoms. The molecule has 0 aliphatic carbocycles. The average molecular weight is 326 g/mol. The summed E-state index contributed by atoms with van der Waals surface area (Å²) in [5.41, 5.74) is 0. The van der Waals surface area contributed by atoms with E-state index < -0.39 is 0 Å². The zero-order valence-electron chi connectivity index (χ0n) is 7.39. The fourth-order valence-electron chi connectivity index (χ4n) is 0.677. The minimum Gasteiger partial charge on any atom is -0.358 e. The molecule has 0 unspecified atom stereocenters. The molecular formula is C10H28IV-. The first-order chi connectivity index (χ1) is 3.41. The second kappa shape index (κ2) is 39.5. The Hall–Kier alpha value is 1.31. The van der Waals surface area contributed by atoms with E-state index in [9.17, 15) is 0 Å². The third-order valence-electron chi connectivity index (χ3n) is 1.21. The molecule has 0 atom stereocenters. The zero-order valence-corrected chi connectivity index (χ0v) is 11.1. The molecule has 12 heavy (non-hydrogen) atoms. The van der Waals surface area contributed by atoms with Crippen LogP contribution in [0, 0.1) is 7.43 Å². The van der Waals surface area contributed by atoms with E-state index in [4.69, 9.17) is 0 Å². The van der Waals surface area contributed by atoms with Crippen LogP contribution in [0.15, 0.2) is 0 Å². The summed E-state index contributed by atoms with van der Waals surface area (Å²) in [4.78, 5) is 0. The Balaban J connectivity index is -0.0000000180. The normalized spacial score (nSPS) is 5.50. The molecule has 0 amide bonds. The summed E-state index contributed by atoms with van der Waals surface area (Å²) in [6.45, 7) is 4.49. The fraction of sp³-hybridized carbons (Fsp3) is 0.900. The van der Waals surface area contributed by atoms with Gasteiger partial charge in [0.05, 0.1) is 0 Å². The fourth-order valence-corrected chi connectivity index (χ4v) is 0.677. The van der Waals surface area contributed by atoms with Gasteiger partial charge in [-0.15, -0.1) is 24.0 Å². The van der Waals surface area contributed by atoms with E-state index in [1.807, 2.05) is 0 Å². The Morgan fingerprint density at radius 2 is 1.00 bits per heavy atom. The molecule has 1 radical (unpaired) electrons. The van der Waals surface area contributed by atoms with Gasteiger partial charge in [-0.1, -0.05) is 60.8 Å². The second-order valence-corrected chi connectivity index (χ2v) is 2.06. The summed E-state index contributed by atoms with van der Waals surface area (Å²) in [5.74, 6) is 0. The third kappa shape index (κ3) is 42.6. The standard InChI is InChI=1S/C7H16.2CH4.CH3.HI.V/c1-3-5-7-6-4-2;;;;;/h3-7H2,1-2H3;2*1H4;1H3;1H;/q;;;-1;;. The number of hydrogen-bond donors (Lipinski definition) is 0. The Kier molecular flexibility index (Phi) is 124. The molecule has 0 aliphatic rings. The van der Waals surface area contributed by atoms with Crippen LogP contribution in [0.3, 0.4) is 0 Å². The molecule has 0 bridgehead atoms. The van der Waals surface area contributed by atoms with Gasteiger partial charge in [-0.05, 0) is 0 Å². The van der Waals surface area contributed by atoms with Crippen molar-refractivity contribution in [2.75, 3.05) is 0 Å². The van der Waals surface area contributed by atoms with Crippen molar-refractivity contribution in [3.05, 3.63) is 7.43 Å². The van der Waals surface area contributed by atoms with E-state index in [-0.39, 0.29) is 64.8 Å². The molecule has 0 heterocycles. The van der Waals surface area contributed by atoms with Gasteiger partial charge in [0.15, 0.2) is 0 Å². The second-order valence-electron chi connectivity index (χ2n) is 2.06. The van der Waals surface area contributed by atoms with Crippen molar-refractivity contribution in [3.8, 4) is 0 Å². The maximum absolute atomic E-state index is 2.25. The van der Waals surface area contributed by atoms with E-state index in [0.717, 1.165) is 0 Å². The Morgan fingerprint density at radius 1 is 0.750 bits per heavy atom. The molecule has 0 fully saturated rings. The van der Waals surface area contributed by atoms with E-state index in [2.05, 4.69) is 13.8 Å². The van der Waals surface area contributed by atoms with E-state index in [1.54, 1.807) is 0 Å². The van der Waals surface area contributed by atoms with Crippen LogP contribution in [0.4, 0.5) is 0 Å². The first kappa shape index (κ1) is 37.7. The summed E-state index contributed by atoms with van der Waals surface area (Å²) < 4.78 is 0. The molecule has 2 heteroatoms. The summed E-state index contributed by atoms with van der Waals surface area (Å²) in [5, 5.41) is 0. The third-order valence-corrected chi connectivity index (χ3v) is 1.21. The summed E-state index contributed by atoms with van der Waals surface area (Å²) in [6, 6.07) is 0. The van der Waals surface area contributed by atoms with Gasteiger partial charge in [-0.3, -0.25) is 0 Å². The van der Waals surface area contributed by atoms with Crippen LogP contribution >= 0.6 is 24.0 Å². The minimum absolute atomic E-state index is 0. The van der Waals surface area contributed by atoms with Gasteiger partial charge in [-0.25, -0.2) is 0 Å². The van der Waals surface area contributed by atoms with Crippen LogP contribution < -0.4 is 0 Å². The summed E-state index contributed by atoms with van der Waals surface area (Å²) >= 11 is 0.